The zero-order chi connectivity index (χ0) is 17.1. The minimum Gasteiger partial charge on any atom is -0.504 e. The molecule has 1 aromatic carbocycles. The van der Waals surface area contributed by atoms with Gasteiger partial charge in [-0.15, -0.1) is 0 Å². The Labute approximate surface area is 130 Å². The van der Waals surface area contributed by atoms with Crippen molar-refractivity contribution in [2.24, 2.45) is 0 Å². The van der Waals surface area contributed by atoms with Gasteiger partial charge in [-0.1, -0.05) is 18.5 Å². The molecule has 22 heavy (non-hydrogen) atoms. The molecule has 11 heteroatoms. The van der Waals surface area contributed by atoms with Crippen molar-refractivity contribution < 1.29 is 37.5 Å². The first-order chi connectivity index (χ1) is 10.1. The molecule has 0 radical (unpaired) electrons. The van der Waals surface area contributed by atoms with E-state index in [0.29, 0.717) is 0 Å². The lowest BCUT2D eigenvalue weighted by molar-refractivity contribution is -0.146. The van der Waals surface area contributed by atoms with Gasteiger partial charge in [-0.25, -0.2) is 9.59 Å². The van der Waals surface area contributed by atoms with Gasteiger partial charge in [0, 0.05) is 5.02 Å². The van der Waals surface area contributed by atoms with Crippen LogP contribution in [0.1, 0.15) is 13.3 Å². The van der Waals surface area contributed by atoms with Crippen LogP contribution in [0.25, 0.3) is 0 Å². The summed E-state index contributed by atoms with van der Waals surface area (Å²) in [6, 6.07) is 1.77. The molecule has 4 N–H and O–H groups in total. The van der Waals surface area contributed by atoms with Gasteiger partial charge in [0.05, 0.1) is 5.69 Å². The van der Waals surface area contributed by atoms with Crippen LogP contribution in [0, 0.1) is 0 Å². The molecule has 1 aromatic rings. The van der Waals surface area contributed by atoms with Gasteiger partial charge in [0.2, 0.25) is 0 Å². The number of carboxylic acids is 1. The van der Waals surface area contributed by atoms with Crippen LogP contribution in [0.15, 0.2) is 17.0 Å². The molecule has 0 aliphatic heterocycles. The molecule has 0 aliphatic rings. The predicted octanol–water partition coefficient (Wildman–Crippen LogP) is 1.70. The fraction of sp³-hybridized carbons (Fsp3) is 0.273. The molecule has 0 aliphatic carbocycles. The van der Waals surface area contributed by atoms with Crippen LogP contribution in [-0.4, -0.2) is 41.4 Å². The molecule has 0 heterocycles. The maximum absolute atomic E-state index is 11.5. The van der Waals surface area contributed by atoms with Crippen molar-refractivity contribution in [1.29, 1.82) is 0 Å². The molecule has 0 aromatic heterocycles. The van der Waals surface area contributed by atoms with Crippen molar-refractivity contribution in [2.45, 2.75) is 24.3 Å². The largest absolute Gasteiger partial charge is 0.504 e. The normalized spacial score (nSPS) is 12.5. The van der Waals surface area contributed by atoms with Crippen LogP contribution >= 0.6 is 11.6 Å². The number of carboxylic acid groups (broad SMARTS) is 1. The summed E-state index contributed by atoms with van der Waals surface area (Å²) in [5.74, 6) is -2.33. The van der Waals surface area contributed by atoms with E-state index in [1.54, 1.807) is 0 Å². The van der Waals surface area contributed by atoms with Gasteiger partial charge in [0.25, 0.3) is 10.1 Å². The van der Waals surface area contributed by atoms with E-state index < -0.39 is 44.6 Å². The first-order valence-corrected chi connectivity index (χ1v) is 7.58. The number of phenols is 1. The number of carbonyl (C=O) groups excluding carboxylic acids is 1. The average molecular weight is 354 g/mol. The monoisotopic (exact) mass is 353 g/mol. The average Bonchev–Trinajstić information content (AvgIpc) is 2.38. The van der Waals surface area contributed by atoms with Gasteiger partial charge in [0.1, 0.15) is 4.90 Å². The maximum Gasteiger partial charge on any atom is 0.412 e. The molecular weight excluding hydrogens is 342 g/mol. The minimum absolute atomic E-state index is 0.000546. The number of carbonyl (C=O) groups is 2. The van der Waals surface area contributed by atoms with E-state index in [1.165, 1.54) is 6.92 Å². The maximum atomic E-state index is 11.5. The molecule has 1 amide bonds. The molecule has 0 saturated carbocycles. The standard InChI is InChI=1S/C11H12ClNO8S/c1-2-7(10(15)16)21-11(17)13-6-3-5(12)4-8(9(6)14)22(18,19)20/h3-4,7,14H,2H2,1H3,(H,13,17)(H,15,16)(H,18,19,20)/t7-/m0/s1. The molecule has 0 spiro atoms. The summed E-state index contributed by atoms with van der Waals surface area (Å²) in [7, 11) is -4.78. The SMILES string of the molecule is CC[C@H](OC(=O)Nc1cc(Cl)cc(S(=O)(=O)O)c1O)C(=O)O. The Morgan fingerprint density at radius 3 is 2.45 bits per heavy atom. The highest BCUT2D eigenvalue weighted by Gasteiger charge is 2.23. The van der Waals surface area contributed by atoms with Gasteiger partial charge in [0.15, 0.2) is 11.9 Å². The van der Waals surface area contributed by atoms with Gasteiger partial charge in [-0.2, -0.15) is 8.42 Å². The summed E-state index contributed by atoms with van der Waals surface area (Å²) >= 11 is 5.62. The van der Waals surface area contributed by atoms with Crippen molar-refractivity contribution in [2.75, 3.05) is 5.32 Å². The highest BCUT2D eigenvalue weighted by atomic mass is 35.5. The molecule has 0 bridgehead atoms. The molecule has 1 rings (SSSR count). The lowest BCUT2D eigenvalue weighted by atomic mass is 10.3. The molecule has 1 atom stereocenters. The van der Waals surface area contributed by atoms with E-state index in [0.717, 1.165) is 12.1 Å². The number of hydrogen-bond donors (Lipinski definition) is 4. The second-order valence-corrected chi connectivity index (χ2v) is 5.87. The Bertz CT molecular complexity index is 702. The Hall–Kier alpha value is -2.04. The van der Waals surface area contributed by atoms with Crippen molar-refractivity contribution in [1.82, 2.24) is 0 Å². The number of aliphatic carboxylic acids is 1. The minimum atomic E-state index is -4.78. The number of anilines is 1. The fourth-order valence-electron chi connectivity index (χ4n) is 1.44. The Balaban J connectivity index is 3.06. The third kappa shape index (κ3) is 4.48. The predicted molar refractivity (Wildman–Crippen MR) is 74.7 cm³/mol. The third-order valence-electron chi connectivity index (χ3n) is 2.45. The number of phenolic OH excluding ortho intramolecular Hbond substituents is 1. The van der Waals surface area contributed by atoms with Crippen molar-refractivity contribution >= 4 is 39.5 Å². The van der Waals surface area contributed by atoms with E-state index in [1.807, 2.05) is 5.32 Å². The van der Waals surface area contributed by atoms with Crippen LogP contribution in [-0.2, 0) is 19.6 Å². The van der Waals surface area contributed by atoms with Crippen LogP contribution in [0.5, 0.6) is 5.75 Å². The zero-order valence-corrected chi connectivity index (χ0v) is 12.7. The van der Waals surface area contributed by atoms with Crippen LogP contribution in [0.3, 0.4) is 0 Å². The van der Waals surface area contributed by atoms with E-state index in [4.69, 9.17) is 21.3 Å². The van der Waals surface area contributed by atoms with Crippen molar-refractivity contribution in [3.8, 4) is 5.75 Å². The van der Waals surface area contributed by atoms with Gasteiger partial charge in [-0.3, -0.25) is 9.87 Å². The summed E-state index contributed by atoms with van der Waals surface area (Å²) in [5.41, 5.74) is -0.467. The Kier molecular flexibility index (Phi) is 5.58. The smallest absolute Gasteiger partial charge is 0.412 e. The van der Waals surface area contributed by atoms with E-state index >= 15 is 0 Å². The number of aromatic hydroxyl groups is 1. The zero-order valence-electron chi connectivity index (χ0n) is 11.1. The summed E-state index contributed by atoms with van der Waals surface area (Å²) in [6.45, 7) is 1.47. The number of ether oxygens (including phenoxy) is 1. The molecule has 9 nitrogen and oxygen atoms in total. The van der Waals surface area contributed by atoms with Crippen molar-refractivity contribution in [3.63, 3.8) is 0 Å². The fourth-order valence-corrected chi connectivity index (χ4v) is 2.36. The van der Waals surface area contributed by atoms with E-state index in [2.05, 4.69) is 4.74 Å². The molecular formula is C11H12ClNO8S. The highest BCUT2D eigenvalue weighted by molar-refractivity contribution is 7.86. The molecule has 122 valence electrons. The Morgan fingerprint density at radius 1 is 1.41 bits per heavy atom. The summed E-state index contributed by atoms with van der Waals surface area (Å²) in [5, 5.41) is 20.2. The number of nitrogens with one attached hydrogen (secondary N) is 1. The van der Waals surface area contributed by atoms with Crippen LogP contribution < -0.4 is 5.32 Å². The molecule has 0 unspecified atom stereocenters. The van der Waals surface area contributed by atoms with Crippen molar-refractivity contribution in [3.05, 3.63) is 17.2 Å². The number of halogens is 1. The van der Waals surface area contributed by atoms with E-state index in [9.17, 15) is 23.1 Å². The van der Waals surface area contributed by atoms with E-state index in [-0.39, 0.29) is 11.4 Å². The summed E-state index contributed by atoms with van der Waals surface area (Å²) < 4.78 is 35.7. The molecule has 0 saturated heterocycles. The quantitative estimate of drug-likeness (QED) is 0.461. The van der Waals surface area contributed by atoms with Gasteiger partial charge < -0.3 is 14.9 Å². The Morgan fingerprint density at radius 2 is 2.00 bits per heavy atom. The summed E-state index contributed by atoms with van der Waals surface area (Å²) in [4.78, 5) is 21.4. The highest BCUT2D eigenvalue weighted by Crippen LogP contribution is 2.34. The van der Waals surface area contributed by atoms with Gasteiger partial charge in [-0.05, 0) is 18.6 Å². The number of rotatable bonds is 5. The number of benzene rings is 1. The third-order valence-corrected chi connectivity index (χ3v) is 3.54. The number of amides is 1. The van der Waals surface area contributed by atoms with Crippen LogP contribution in [0.4, 0.5) is 10.5 Å². The topological polar surface area (TPSA) is 150 Å². The van der Waals surface area contributed by atoms with Gasteiger partial charge >= 0.3 is 12.1 Å². The van der Waals surface area contributed by atoms with Crippen LogP contribution in [0.2, 0.25) is 5.02 Å². The second kappa shape index (κ2) is 6.81. The molecule has 0 fully saturated rings. The lowest BCUT2D eigenvalue weighted by Gasteiger charge is -2.14. The number of hydrogen-bond acceptors (Lipinski definition) is 6. The first-order valence-electron chi connectivity index (χ1n) is 5.76. The first kappa shape index (κ1) is 18.0. The second-order valence-electron chi connectivity index (χ2n) is 4.04. The summed E-state index contributed by atoms with van der Waals surface area (Å²) in [6.07, 6.45) is -2.66. The lowest BCUT2D eigenvalue weighted by Crippen LogP contribution is -2.28.